The molecule has 106 valence electrons. The first kappa shape index (κ1) is 14.1. The first-order valence-electron chi connectivity index (χ1n) is 6.97. The molecule has 1 N–H and O–H groups in total. The molecular weight excluding hydrogens is 242 g/mol. The van der Waals surface area contributed by atoms with Crippen molar-refractivity contribution >= 4 is 5.91 Å². The van der Waals surface area contributed by atoms with E-state index < -0.39 is 0 Å². The molecule has 19 heavy (non-hydrogen) atoms. The van der Waals surface area contributed by atoms with E-state index in [4.69, 9.17) is 4.74 Å². The highest BCUT2D eigenvalue weighted by Gasteiger charge is 2.37. The highest BCUT2D eigenvalue weighted by molar-refractivity contribution is 5.75. The number of nitrogens with one attached hydrogen (secondary N) is 1. The maximum Gasteiger partial charge on any atom is 0.220 e. The van der Waals surface area contributed by atoms with Gasteiger partial charge in [0, 0.05) is 44.4 Å². The smallest absolute Gasteiger partial charge is 0.220 e. The number of nitrogens with zero attached hydrogens (tertiary/aromatic N) is 2. The number of methoxy groups -OCH3 is 1. The van der Waals surface area contributed by atoms with E-state index in [1.54, 1.807) is 13.3 Å². The fourth-order valence-corrected chi connectivity index (χ4v) is 2.56. The summed E-state index contributed by atoms with van der Waals surface area (Å²) in [6.07, 6.45) is 8.63. The number of carbonyl (C=O) groups excluding carboxylic acids is 1. The predicted molar refractivity (Wildman–Crippen MR) is 72.6 cm³/mol. The van der Waals surface area contributed by atoms with E-state index in [1.165, 1.54) is 6.42 Å². The summed E-state index contributed by atoms with van der Waals surface area (Å²) in [5.41, 5.74) is 0.201. The topological polar surface area (TPSA) is 56.1 Å². The van der Waals surface area contributed by atoms with Gasteiger partial charge in [0.05, 0.1) is 6.61 Å². The Morgan fingerprint density at radius 3 is 2.95 bits per heavy atom. The fourth-order valence-electron chi connectivity index (χ4n) is 2.56. The summed E-state index contributed by atoms with van der Waals surface area (Å²) in [6.45, 7) is 2.30. The zero-order valence-corrected chi connectivity index (χ0v) is 11.6. The van der Waals surface area contributed by atoms with Crippen molar-refractivity contribution in [3.63, 3.8) is 0 Å². The van der Waals surface area contributed by atoms with Crippen molar-refractivity contribution in [3.05, 3.63) is 18.5 Å². The van der Waals surface area contributed by atoms with Crippen LogP contribution in [0.15, 0.2) is 18.5 Å². The summed E-state index contributed by atoms with van der Waals surface area (Å²) in [7, 11) is 1.73. The molecule has 0 atom stereocenters. The minimum absolute atomic E-state index is 0.134. The van der Waals surface area contributed by atoms with Crippen LogP contribution in [0.5, 0.6) is 0 Å². The van der Waals surface area contributed by atoms with Crippen molar-refractivity contribution in [1.82, 2.24) is 15.1 Å². The molecule has 5 heteroatoms. The molecule has 1 amide bonds. The second-order valence-electron chi connectivity index (χ2n) is 5.44. The Labute approximate surface area is 114 Å². The van der Waals surface area contributed by atoms with Crippen LogP contribution < -0.4 is 5.32 Å². The molecule has 0 aromatic carbocycles. The molecule has 1 aromatic heterocycles. The van der Waals surface area contributed by atoms with Crippen LogP contribution in [-0.4, -0.2) is 35.9 Å². The Morgan fingerprint density at radius 1 is 1.53 bits per heavy atom. The SMILES string of the molecule is COCC1(CNC(=O)CCCn2cccn2)CCC1. The van der Waals surface area contributed by atoms with Crippen LogP contribution >= 0.6 is 0 Å². The van der Waals surface area contributed by atoms with Crippen molar-refractivity contribution in [2.75, 3.05) is 20.3 Å². The molecule has 0 aliphatic heterocycles. The minimum Gasteiger partial charge on any atom is -0.384 e. The van der Waals surface area contributed by atoms with Gasteiger partial charge in [-0.05, 0) is 25.3 Å². The van der Waals surface area contributed by atoms with E-state index in [9.17, 15) is 4.79 Å². The molecular formula is C14H23N3O2. The third-order valence-electron chi connectivity index (χ3n) is 3.88. The minimum atomic E-state index is 0.134. The van der Waals surface area contributed by atoms with E-state index in [2.05, 4.69) is 10.4 Å². The molecule has 1 aliphatic carbocycles. The number of hydrogen-bond acceptors (Lipinski definition) is 3. The zero-order valence-electron chi connectivity index (χ0n) is 11.6. The van der Waals surface area contributed by atoms with Crippen molar-refractivity contribution in [2.24, 2.45) is 5.41 Å². The number of hydrogen-bond donors (Lipinski definition) is 1. The normalized spacial score (nSPS) is 16.9. The molecule has 2 rings (SSSR count). The van der Waals surface area contributed by atoms with E-state index in [1.807, 2.05) is 16.9 Å². The Morgan fingerprint density at radius 2 is 2.37 bits per heavy atom. The fraction of sp³-hybridized carbons (Fsp3) is 0.714. The maximum atomic E-state index is 11.8. The first-order chi connectivity index (χ1) is 9.24. The molecule has 0 spiro atoms. The molecule has 1 saturated carbocycles. The van der Waals surface area contributed by atoms with Gasteiger partial charge in [-0.1, -0.05) is 6.42 Å². The highest BCUT2D eigenvalue weighted by Crippen LogP contribution is 2.40. The average molecular weight is 265 g/mol. The summed E-state index contributed by atoms with van der Waals surface area (Å²) >= 11 is 0. The number of aromatic nitrogens is 2. The Balaban J connectivity index is 1.61. The number of aryl methyl sites for hydroxylation is 1. The van der Waals surface area contributed by atoms with E-state index in [-0.39, 0.29) is 11.3 Å². The average Bonchev–Trinajstić information content (AvgIpc) is 2.85. The van der Waals surface area contributed by atoms with Gasteiger partial charge in [0.15, 0.2) is 0 Å². The van der Waals surface area contributed by atoms with Crippen LogP contribution in [0.3, 0.4) is 0 Å². The van der Waals surface area contributed by atoms with Gasteiger partial charge >= 0.3 is 0 Å². The van der Waals surface area contributed by atoms with Crippen LogP contribution in [-0.2, 0) is 16.1 Å². The summed E-state index contributed by atoms with van der Waals surface area (Å²) in [5, 5.41) is 7.16. The molecule has 1 aromatic rings. The number of amides is 1. The van der Waals surface area contributed by atoms with Crippen LogP contribution in [0.2, 0.25) is 0 Å². The molecule has 0 saturated heterocycles. The maximum absolute atomic E-state index is 11.8. The lowest BCUT2D eigenvalue weighted by molar-refractivity contribution is -0.122. The monoisotopic (exact) mass is 265 g/mol. The van der Waals surface area contributed by atoms with Gasteiger partial charge in [0.25, 0.3) is 0 Å². The third-order valence-corrected chi connectivity index (χ3v) is 3.88. The summed E-state index contributed by atoms with van der Waals surface area (Å²) in [4.78, 5) is 11.8. The highest BCUT2D eigenvalue weighted by atomic mass is 16.5. The summed E-state index contributed by atoms with van der Waals surface area (Å²) in [6, 6.07) is 1.89. The lowest BCUT2D eigenvalue weighted by Crippen LogP contribution is -2.45. The lowest BCUT2D eigenvalue weighted by atomic mass is 9.69. The standard InChI is InChI=1S/C14H23N3O2/c1-19-12-14(6-3-7-14)11-15-13(18)5-2-9-17-10-4-8-16-17/h4,8,10H,2-3,5-7,9,11-12H2,1H3,(H,15,18). The van der Waals surface area contributed by atoms with Crippen molar-refractivity contribution in [2.45, 2.75) is 38.6 Å². The second kappa shape index (κ2) is 6.70. The van der Waals surface area contributed by atoms with Crippen molar-refractivity contribution in [1.29, 1.82) is 0 Å². The predicted octanol–water partition coefficient (Wildman–Crippen LogP) is 1.60. The zero-order chi connectivity index (χ0) is 13.6. The molecule has 1 heterocycles. The Bertz CT molecular complexity index is 385. The van der Waals surface area contributed by atoms with Gasteiger partial charge in [0.2, 0.25) is 5.91 Å². The van der Waals surface area contributed by atoms with E-state index >= 15 is 0 Å². The van der Waals surface area contributed by atoms with Crippen LogP contribution in [0, 0.1) is 5.41 Å². The number of ether oxygens (including phenoxy) is 1. The summed E-state index contributed by atoms with van der Waals surface area (Å²) in [5.74, 6) is 0.134. The van der Waals surface area contributed by atoms with Gasteiger partial charge in [-0.15, -0.1) is 0 Å². The lowest BCUT2D eigenvalue weighted by Gasteiger charge is -2.41. The third kappa shape index (κ3) is 4.06. The Hall–Kier alpha value is -1.36. The van der Waals surface area contributed by atoms with Crippen molar-refractivity contribution < 1.29 is 9.53 Å². The van der Waals surface area contributed by atoms with Gasteiger partial charge in [-0.3, -0.25) is 9.48 Å². The van der Waals surface area contributed by atoms with Gasteiger partial charge in [-0.25, -0.2) is 0 Å². The largest absolute Gasteiger partial charge is 0.384 e. The van der Waals surface area contributed by atoms with Crippen LogP contribution in [0.1, 0.15) is 32.1 Å². The molecule has 1 aliphatic rings. The van der Waals surface area contributed by atoms with E-state index in [0.717, 1.165) is 39.0 Å². The van der Waals surface area contributed by atoms with Gasteiger partial charge in [0.1, 0.15) is 0 Å². The van der Waals surface area contributed by atoms with Crippen LogP contribution in [0.4, 0.5) is 0 Å². The number of carbonyl (C=O) groups is 1. The van der Waals surface area contributed by atoms with Crippen LogP contribution in [0.25, 0.3) is 0 Å². The molecule has 1 fully saturated rings. The number of rotatable bonds is 8. The van der Waals surface area contributed by atoms with Gasteiger partial charge in [-0.2, -0.15) is 5.10 Å². The molecule has 0 unspecified atom stereocenters. The first-order valence-corrected chi connectivity index (χ1v) is 6.97. The van der Waals surface area contributed by atoms with Crippen molar-refractivity contribution in [3.8, 4) is 0 Å². The summed E-state index contributed by atoms with van der Waals surface area (Å²) < 4.78 is 7.10. The quantitative estimate of drug-likeness (QED) is 0.776. The Kier molecular flexibility index (Phi) is 4.96. The molecule has 0 bridgehead atoms. The second-order valence-corrected chi connectivity index (χ2v) is 5.44. The molecule has 0 radical (unpaired) electrons. The van der Waals surface area contributed by atoms with E-state index in [0.29, 0.717) is 6.42 Å². The van der Waals surface area contributed by atoms with Gasteiger partial charge < -0.3 is 10.1 Å². The molecule has 5 nitrogen and oxygen atoms in total.